The molecule has 33 heavy (non-hydrogen) atoms. The molecule has 1 aliphatic heterocycles. The predicted molar refractivity (Wildman–Crippen MR) is 125 cm³/mol. The highest BCUT2D eigenvalue weighted by molar-refractivity contribution is 6.00. The third kappa shape index (κ3) is 8.43. The monoisotopic (exact) mass is 461 g/mol. The molecule has 3 heterocycles. The number of ether oxygens (including phenoxy) is 2. The Morgan fingerprint density at radius 1 is 1.24 bits per heavy atom. The zero-order chi connectivity index (χ0) is 24.8. The minimum absolute atomic E-state index is 0.0799. The van der Waals surface area contributed by atoms with Gasteiger partial charge in [0.1, 0.15) is 17.1 Å². The van der Waals surface area contributed by atoms with Crippen LogP contribution in [0.4, 0.5) is 8.78 Å². The molecule has 0 aliphatic carbocycles. The van der Waals surface area contributed by atoms with Gasteiger partial charge in [-0.15, -0.1) is 0 Å². The lowest BCUT2D eigenvalue weighted by Gasteiger charge is -2.16. The maximum absolute atomic E-state index is 13.1. The lowest BCUT2D eigenvalue weighted by atomic mass is 9.99. The number of rotatable bonds is 4. The summed E-state index contributed by atoms with van der Waals surface area (Å²) in [4.78, 5) is 19.7. The molecule has 2 N–H and O–H groups in total. The summed E-state index contributed by atoms with van der Waals surface area (Å²) in [5.41, 5.74) is 6.07. The van der Waals surface area contributed by atoms with Crippen LogP contribution in [0.25, 0.3) is 11.1 Å². The van der Waals surface area contributed by atoms with E-state index in [1.54, 1.807) is 6.07 Å². The van der Waals surface area contributed by atoms with Gasteiger partial charge in [-0.2, -0.15) is 0 Å². The fourth-order valence-corrected chi connectivity index (χ4v) is 2.92. The van der Waals surface area contributed by atoms with E-state index in [0.29, 0.717) is 17.9 Å². The van der Waals surface area contributed by atoms with E-state index in [-0.39, 0.29) is 22.8 Å². The van der Waals surface area contributed by atoms with Gasteiger partial charge in [0.2, 0.25) is 0 Å². The van der Waals surface area contributed by atoms with Crippen molar-refractivity contribution >= 4 is 5.91 Å². The molecule has 0 radical (unpaired) electrons. The number of amides is 1. The van der Waals surface area contributed by atoms with E-state index in [0.717, 1.165) is 19.4 Å². The molecule has 1 saturated heterocycles. The van der Waals surface area contributed by atoms with Crippen LogP contribution < -0.4 is 10.5 Å². The second kappa shape index (κ2) is 14.9. The van der Waals surface area contributed by atoms with Gasteiger partial charge in [0.05, 0.1) is 25.5 Å². The fraction of sp³-hybridized carbons (Fsp3) is 0.480. The first kappa shape index (κ1) is 28.0. The van der Waals surface area contributed by atoms with E-state index >= 15 is 0 Å². The third-order valence-electron chi connectivity index (χ3n) is 4.36. The average Bonchev–Trinajstić information content (AvgIpc) is 2.84. The van der Waals surface area contributed by atoms with Crippen molar-refractivity contribution in [3.8, 4) is 28.7 Å². The number of aromatic nitrogens is 2. The van der Waals surface area contributed by atoms with Crippen molar-refractivity contribution in [1.82, 2.24) is 9.97 Å². The van der Waals surface area contributed by atoms with Crippen LogP contribution in [0.2, 0.25) is 0 Å². The molecule has 6 nitrogen and oxygen atoms in total. The first-order chi connectivity index (χ1) is 15.9. The normalized spacial score (nSPS) is 14.6. The van der Waals surface area contributed by atoms with E-state index in [2.05, 4.69) is 35.7 Å². The first-order valence-electron chi connectivity index (χ1n) is 11.1. The SMILES string of the molecule is CC.CCC.COc1cnc(C(F)F)cc1-c1cc(C#CC2CCCOC2)ncc1C(N)=O. The highest BCUT2D eigenvalue weighted by Gasteiger charge is 2.19. The minimum Gasteiger partial charge on any atom is -0.494 e. The summed E-state index contributed by atoms with van der Waals surface area (Å²) in [7, 11) is 1.39. The number of primary amides is 1. The molecule has 1 amide bonds. The molecule has 0 spiro atoms. The Morgan fingerprint density at radius 2 is 1.94 bits per heavy atom. The zero-order valence-electron chi connectivity index (χ0n) is 20.0. The van der Waals surface area contributed by atoms with Crippen molar-refractivity contribution in [3.63, 3.8) is 0 Å². The topological polar surface area (TPSA) is 87.3 Å². The smallest absolute Gasteiger partial charge is 0.280 e. The van der Waals surface area contributed by atoms with Gasteiger partial charge in [-0.1, -0.05) is 40.0 Å². The average molecular weight is 462 g/mol. The molecule has 1 aliphatic rings. The van der Waals surface area contributed by atoms with Crippen molar-refractivity contribution in [2.75, 3.05) is 20.3 Å². The molecule has 0 aromatic carbocycles. The molecule has 1 atom stereocenters. The summed E-state index contributed by atoms with van der Waals surface area (Å²) in [6, 6.07) is 2.72. The summed E-state index contributed by atoms with van der Waals surface area (Å²) in [6.07, 6.45) is 2.85. The highest BCUT2D eigenvalue weighted by atomic mass is 19.3. The predicted octanol–water partition coefficient (Wildman–Crippen LogP) is 5.41. The number of halogens is 2. The van der Waals surface area contributed by atoms with Crippen LogP contribution >= 0.6 is 0 Å². The third-order valence-corrected chi connectivity index (χ3v) is 4.36. The van der Waals surface area contributed by atoms with Crippen molar-refractivity contribution in [3.05, 3.63) is 41.5 Å². The molecule has 1 unspecified atom stereocenters. The largest absolute Gasteiger partial charge is 0.494 e. The van der Waals surface area contributed by atoms with Gasteiger partial charge < -0.3 is 15.2 Å². The summed E-state index contributed by atoms with van der Waals surface area (Å²) < 4.78 is 36.9. The molecule has 2 aromatic rings. The summed E-state index contributed by atoms with van der Waals surface area (Å²) >= 11 is 0. The van der Waals surface area contributed by atoms with Crippen LogP contribution in [-0.4, -0.2) is 36.2 Å². The number of carbonyl (C=O) groups excluding carboxylic acids is 1. The van der Waals surface area contributed by atoms with Crippen molar-refractivity contribution in [2.24, 2.45) is 11.7 Å². The van der Waals surface area contributed by atoms with E-state index in [1.165, 1.54) is 32.0 Å². The summed E-state index contributed by atoms with van der Waals surface area (Å²) in [5.74, 6) is 5.68. The highest BCUT2D eigenvalue weighted by Crippen LogP contribution is 2.34. The van der Waals surface area contributed by atoms with E-state index in [4.69, 9.17) is 15.2 Å². The molecule has 0 saturated carbocycles. The lowest BCUT2D eigenvalue weighted by Crippen LogP contribution is -2.15. The molecular weight excluding hydrogens is 428 g/mol. The molecule has 180 valence electrons. The van der Waals surface area contributed by atoms with Gasteiger partial charge in [-0.25, -0.2) is 13.8 Å². The standard InChI is InChI=1S/C20H19F2N3O3.C3H8.C2H6/c1-27-18-10-25-17(19(21)22)8-15(18)14-7-13(24-9-16(14)20(23)26)5-4-12-3-2-6-28-11-12;1-3-2;1-2/h7-10,12,19H,2-3,6,11H2,1H3,(H2,23,26);3H2,1-2H3;1-2H3. The fourth-order valence-electron chi connectivity index (χ4n) is 2.92. The molecule has 2 aromatic heterocycles. The van der Waals surface area contributed by atoms with Gasteiger partial charge in [0, 0.05) is 29.8 Å². The maximum atomic E-state index is 13.1. The maximum Gasteiger partial charge on any atom is 0.280 e. The van der Waals surface area contributed by atoms with Crippen LogP contribution in [0.5, 0.6) is 5.75 Å². The van der Waals surface area contributed by atoms with E-state index < -0.39 is 18.0 Å². The van der Waals surface area contributed by atoms with Gasteiger partial charge in [-0.05, 0) is 30.9 Å². The number of carbonyl (C=O) groups is 1. The molecule has 8 heteroatoms. The minimum atomic E-state index is -2.77. The second-order valence-corrected chi connectivity index (χ2v) is 6.98. The van der Waals surface area contributed by atoms with E-state index in [9.17, 15) is 13.6 Å². The Balaban J connectivity index is 0.00000101. The lowest BCUT2D eigenvalue weighted by molar-refractivity contribution is 0.0740. The molecule has 3 rings (SSSR count). The molecular formula is C25H33F2N3O3. The quantitative estimate of drug-likeness (QED) is 0.615. The zero-order valence-corrected chi connectivity index (χ0v) is 20.0. The van der Waals surface area contributed by atoms with Crippen molar-refractivity contribution < 1.29 is 23.0 Å². The number of nitrogens with two attached hydrogens (primary N) is 1. The van der Waals surface area contributed by atoms with E-state index in [1.807, 2.05) is 13.8 Å². The number of hydrogen-bond acceptors (Lipinski definition) is 5. The van der Waals surface area contributed by atoms with Crippen LogP contribution in [0.3, 0.4) is 0 Å². The number of alkyl halides is 2. The molecule has 0 bridgehead atoms. The number of pyridine rings is 2. The summed E-state index contributed by atoms with van der Waals surface area (Å²) in [6.45, 7) is 9.55. The Kier molecular flexibility index (Phi) is 12.6. The Hall–Kier alpha value is -3.05. The van der Waals surface area contributed by atoms with Gasteiger partial charge in [0.25, 0.3) is 12.3 Å². The van der Waals surface area contributed by atoms with Crippen LogP contribution in [0.15, 0.2) is 24.5 Å². The molecule has 1 fully saturated rings. The Bertz CT molecular complexity index is 950. The Labute approximate surface area is 194 Å². The number of methoxy groups -OCH3 is 1. The van der Waals surface area contributed by atoms with Crippen molar-refractivity contribution in [2.45, 2.75) is 53.4 Å². The number of hydrogen-bond donors (Lipinski definition) is 1. The first-order valence-corrected chi connectivity index (χ1v) is 11.1. The van der Waals surface area contributed by atoms with Crippen LogP contribution in [0, 0.1) is 17.8 Å². The van der Waals surface area contributed by atoms with Gasteiger partial charge in [-0.3, -0.25) is 9.78 Å². The van der Waals surface area contributed by atoms with Crippen LogP contribution in [-0.2, 0) is 4.74 Å². The van der Waals surface area contributed by atoms with Crippen molar-refractivity contribution in [1.29, 1.82) is 0 Å². The van der Waals surface area contributed by atoms with Gasteiger partial charge in [0.15, 0.2) is 0 Å². The van der Waals surface area contributed by atoms with Crippen LogP contribution in [0.1, 0.15) is 75.1 Å². The second-order valence-electron chi connectivity index (χ2n) is 6.98. The van der Waals surface area contributed by atoms with Gasteiger partial charge >= 0.3 is 0 Å². The number of nitrogens with zero attached hydrogens (tertiary/aromatic N) is 2. The Morgan fingerprint density at radius 3 is 2.48 bits per heavy atom. The summed E-state index contributed by atoms with van der Waals surface area (Å²) in [5, 5.41) is 0.